The van der Waals surface area contributed by atoms with E-state index in [4.69, 9.17) is 14.2 Å². The molecule has 1 heterocycles. The summed E-state index contributed by atoms with van der Waals surface area (Å²) >= 11 is 1.34. The molecule has 2 N–H and O–H groups in total. The maximum Gasteiger partial charge on any atom is 0.416 e. The number of halogens is 3. The van der Waals surface area contributed by atoms with E-state index >= 15 is 0 Å². The fraction of sp³-hybridized carbons (Fsp3) is 0.200. The van der Waals surface area contributed by atoms with Gasteiger partial charge in [-0.1, -0.05) is 23.5 Å². The summed E-state index contributed by atoms with van der Waals surface area (Å²) in [4.78, 5) is 17.2. The molecule has 7 nitrogen and oxygen atoms in total. The van der Waals surface area contributed by atoms with Crippen LogP contribution in [0, 0.1) is 0 Å². The van der Waals surface area contributed by atoms with Gasteiger partial charge in [-0.05, 0) is 35.9 Å². The van der Waals surface area contributed by atoms with Crippen molar-refractivity contribution in [3.63, 3.8) is 0 Å². The van der Waals surface area contributed by atoms with E-state index in [0.717, 1.165) is 16.8 Å². The summed E-state index contributed by atoms with van der Waals surface area (Å²) in [5.74, 6) is 1.04. The molecule has 4 rings (SSSR count). The summed E-state index contributed by atoms with van der Waals surface area (Å²) in [5, 5.41) is 6.45. The summed E-state index contributed by atoms with van der Waals surface area (Å²) in [6.07, 6.45) is -4.44. The Kier molecular flexibility index (Phi) is 7.20. The van der Waals surface area contributed by atoms with Gasteiger partial charge in [-0.25, -0.2) is 4.98 Å². The number of rotatable bonds is 8. The summed E-state index contributed by atoms with van der Waals surface area (Å²) in [6.45, 7) is -0.0303. The Morgan fingerprint density at radius 3 is 2.33 bits per heavy atom. The Labute approximate surface area is 208 Å². The van der Waals surface area contributed by atoms with Gasteiger partial charge in [0.15, 0.2) is 16.6 Å². The first-order chi connectivity index (χ1) is 17.2. The Balaban J connectivity index is 1.49. The Hall–Kier alpha value is -3.99. The third-order valence-electron chi connectivity index (χ3n) is 5.27. The lowest BCUT2D eigenvalue weighted by atomic mass is 10.1. The second-order valence-electron chi connectivity index (χ2n) is 7.62. The summed E-state index contributed by atoms with van der Waals surface area (Å²) < 4.78 is 55.6. The van der Waals surface area contributed by atoms with Crippen LogP contribution in [0.1, 0.15) is 21.5 Å². The summed E-state index contributed by atoms with van der Waals surface area (Å²) in [6, 6.07) is 13.4. The number of thiazole rings is 1. The SMILES string of the molecule is COc1cc(Nc2nc3ccc(C(=O)NCc4cccc(C(F)(F)F)c4)cc3s2)cc(OC)c1OC. The number of fused-ring (bicyclic) bond motifs is 1. The lowest BCUT2D eigenvalue weighted by molar-refractivity contribution is -0.137. The van der Waals surface area contributed by atoms with Crippen molar-refractivity contribution in [1.29, 1.82) is 0 Å². The van der Waals surface area contributed by atoms with Gasteiger partial charge in [-0.3, -0.25) is 4.79 Å². The van der Waals surface area contributed by atoms with Gasteiger partial charge in [0.2, 0.25) is 5.75 Å². The van der Waals surface area contributed by atoms with Crippen molar-refractivity contribution in [2.75, 3.05) is 26.6 Å². The molecule has 0 bridgehead atoms. The molecule has 0 radical (unpaired) electrons. The first-order valence-corrected chi connectivity index (χ1v) is 11.5. The maximum atomic E-state index is 12.9. The van der Waals surface area contributed by atoms with E-state index in [2.05, 4.69) is 15.6 Å². The zero-order chi connectivity index (χ0) is 25.9. The van der Waals surface area contributed by atoms with Crippen molar-refractivity contribution < 1.29 is 32.2 Å². The van der Waals surface area contributed by atoms with Crippen LogP contribution in [0.5, 0.6) is 17.2 Å². The molecule has 0 saturated carbocycles. The lowest BCUT2D eigenvalue weighted by Gasteiger charge is -2.14. The number of amides is 1. The second-order valence-corrected chi connectivity index (χ2v) is 8.65. The van der Waals surface area contributed by atoms with E-state index < -0.39 is 17.6 Å². The van der Waals surface area contributed by atoms with Gasteiger partial charge in [0.25, 0.3) is 5.91 Å². The number of carbonyl (C=O) groups excluding carboxylic acids is 1. The van der Waals surface area contributed by atoms with Crippen molar-refractivity contribution in [3.05, 3.63) is 71.3 Å². The highest BCUT2D eigenvalue weighted by atomic mass is 32.1. The highest BCUT2D eigenvalue weighted by Crippen LogP contribution is 2.41. The number of hydrogen-bond acceptors (Lipinski definition) is 7. The first-order valence-electron chi connectivity index (χ1n) is 10.6. The number of alkyl halides is 3. The number of carbonyl (C=O) groups is 1. The van der Waals surface area contributed by atoms with Crippen LogP contribution in [0.15, 0.2) is 54.6 Å². The van der Waals surface area contributed by atoms with Crippen molar-refractivity contribution in [1.82, 2.24) is 10.3 Å². The lowest BCUT2D eigenvalue weighted by Crippen LogP contribution is -2.22. The maximum absolute atomic E-state index is 12.9. The number of aromatic nitrogens is 1. The van der Waals surface area contributed by atoms with E-state index in [9.17, 15) is 18.0 Å². The van der Waals surface area contributed by atoms with Crippen LogP contribution in [0.3, 0.4) is 0 Å². The minimum absolute atomic E-state index is 0.0303. The minimum Gasteiger partial charge on any atom is -0.493 e. The number of methoxy groups -OCH3 is 3. The third kappa shape index (κ3) is 5.46. The summed E-state index contributed by atoms with van der Waals surface area (Å²) in [5.41, 5.74) is 1.32. The van der Waals surface area contributed by atoms with Gasteiger partial charge in [0.05, 0.1) is 37.1 Å². The Bertz CT molecular complexity index is 1380. The molecule has 0 unspecified atom stereocenters. The Morgan fingerprint density at radius 1 is 0.972 bits per heavy atom. The molecule has 1 amide bonds. The predicted molar refractivity (Wildman–Crippen MR) is 132 cm³/mol. The largest absolute Gasteiger partial charge is 0.493 e. The zero-order valence-corrected chi connectivity index (χ0v) is 20.3. The number of anilines is 2. The van der Waals surface area contributed by atoms with E-state index in [0.29, 0.717) is 44.7 Å². The molecule has 0 aliphatic heterocycles. The third-order valence-corrected chi connectivity index (χ3v) is 6.21. The standard InChI is InChI=1S/C25H22F3N3O4S/c1-33-19-11-17(12-20(34-2)22(19)35-3)30-24-31-18-8-7-15(10-21(18)36-24)23(32)29-13-14-5-4-6-16(9-14)25(26,27)28/h4-12H,13H2,1-3H3,(H,29,32)(H,30,31). The molecule has 0 fully saturated rings. The van der Waals surface area contributed by atoms with Gasteiger partial charge >= 0.3 is 6.18 Å². The second kappa shape index (κ2) is 10.3. The Morgan fingerprint density at radius 2 is 1.69 bits per heavy atom. The molecule has 36 heavy (non-hydrogen) atoms. The molecule has 4 aromatic rings. The molecule has 188 valence electrons. The van der Waals surface area contributed by atoms with Crippen LogP contribution in [0.25, 0.3) is 10.2 Å². The molecule has 11 heteroatoms. The van der Waals surface area contributed by atoms with Gasteiger partial charge < -0.3 is 24.8 Å². The van der Waals surface area contributed by atoms with Crippen LogP contribution < -0.4 is 24.8 Å². The average Bonchev–Trinajstić information content (AvgIpc) is 3.27. The van der Waals surface area contributed by atoms with E-state index in [1.165, 1.54) is 44.8 Å². The monoisotopic (exact) mass is 517 g/mol. The minimum atomic E-state index is -4.44. The number of hydrogen-bond donors (Lipinski definition) is 2. The van der Waals surface area contributed by atoms with Crippen molar-refractivity contribution in [2.45, 2.75) is 12.7 Å². The molecular formula is C25H22F3N3O4S. The first kappa shape index (κ1) is 25.1. The van der Waals surface area contributed by atoms with Crippen LogP contribution in [0.2, 0.25) is 0 Å². The number of nitrogens with zero attached hydrogens (tertiary/aromatic N) is 1. The molecule has 1 aromatic heterocycles. The topological polar surface area (TPSA) is 81.7 Å². The molecule has 0 aliphatic carbocycles. The number of nitrogens with one attached hydrogen (secondary N) is 2. The van der Waals surface area contributed by atoms with Crippen molar-refractivity contribution in [2.24, 2.45) is 0 Å². The fourth-order valence-corrected chi connectivity index (χ4v) is 4.46. The van der Waals surface area contributed by atoms with Gasteiger partial charge in [0, 0.05) is 29.9 Å². The zero-order valence-electron chi connectivity index (χ0n) is 19.5. The van der Waals surface area contributed by atoms with Crippen LogP contribution in [-0.2, 0) is 12.7 Å². The fourth-order valence-electron chi connectivity index (χ4n) is 3.54. The molecule has 0 aliphatic rings. The van der Waals surface area contributed by atoms with Crippen molar-refractivity contribution in [3.8, 4) is 17.2 Å². The molecular weight excluding hydrogens is 495 g/mol. The van der Waals surface area contributed by atoms with Crippen molar-refractivity contribution >= 4 is 38.3 Å². The van der Waals surface area contributed by atoms with E-state index in [1.54, 1.807) is 30.3 Å². The average molecular weight is 518 g/mol. The predicted octanol–water partition coefficient (Wildman–Crippen LogP) is 6.01. The molecule has 0 saturated heterocycles. The highest BCUT2D eigenvalue weighted by Gasteiger charge is 2.30. The molecule has 0 atom stereocenters. The van der Waals surface area contributed by atoms with E-state index in [-0.39, 0.29) is 6.54 Å². The summed E-state index contributed by atoms with van der Waals surface area (Å²) in [7, 11) is 4.57. The molecule has 0 spiro atoms. The van der Waals surface area contributed by atoms with Crippen LogP contribution in [-0.4, -0.2) is 32.2 Å². The van der Waals surface area contributed by atoms with Crippen LogP contribution in [0.4, 0.5) is 24.0 Å². The van der Waals surface area contributed by atoms with Gasteiger partial charge in [-0.2, -0.15) is 13.2 Å². The van der Waals surface area contributed by atoms with Crippen LogP contribution >= 0.6 is 11.3 Å². The quantitative estimate of drug-likeness (QED) is 0.298. The number of benzene rings is 3. The normalized spacial score (nSPS) is 11.3. The van der Waals surface area contributed by atoms with Gasteiger partial charge in [-0.15, -0.1) is 0 Å². The molecule has 3 aromatic carbocycles. The number of ether oxygens (including phenoxy) is 3. The smallest absolute Gasteiger partial charge is 0.416 e. The van der Waals surface area contributed by atoms with E-state index in [1.807, 2.05) is 0 Å². The highest BCUT2D eigenvalue weighted by molar-refractivity contribution is 7.22. The van der Waals surface area contributed by atoms with Gasteiger partial charge in [0.1, 0.15) is 0 Å².